The Bertz CT molecular complexity index is 784. The summed E-state index contributed by atoms with van der Waals surface area (Å²) < 4.78 is 6.90. The first-order valence-electron chi connectivity index (χ1n) is 9.04. The minimum atomic E-state index is -0.857. The Morgan fingerprint density at radius 2 is 2.22 bits per heavy atom. The minimum Gasteiger partial charge on any atom is -0.465 e. The molecule has 148 valence electrons. The van der Waals surface area contributed by atoms with E-state index >= 15 is 0 Å². The van der Waals surface area contributed by atoms with Gasteiger partial charge in [0.05, 0.1) is 28.4 Å². The molecule has 2 aromatic heterocycles. The second-order valence-corrected chi connectivity index (χ2v) is 10.1. The summed E-state index contributed by atoms with van der Waals surface area (Å²) in [5, 5.41) is 13.5. The molecule has 3 heterocycles. The van der Waals surface area contributed by atoms with Gasteiger partial charge in [-0.1, -0.05) is 32.1 Å². The van der Waals surface area contributed by atoms with Gasteiger partial charge in [0.2, 0.25) is 5.89 Å². The molecule has 0 bridgehead atoms. The third-order valence-electron chi connectivity index (χ3n) is 4.66. The molecule has 2 aromatic rings. The molecule has 2 atom stereocenters. The number of likely N-dealkylation sites (tertiary alicyclic amines) is 1. The van der Waals surface area contributed by atoms with E-state index in [0.717, 1.165) is 27.9 Å². The SMILES string of the molecule is C[C@@H]1[C@H](Nc2ncc(SCc3ncc(C(C)(C)C)o3)s2)CCCN1C(=O)O. The van der Waals surface area contributed by atoms with Gasteiger partial charge in [-0.15, -0.1) is 11.8 Å². The number of carboxylic acid groups (broad SMARTS) is 1. The number of carbonyl (C=O) groups is 1. The Labute approximate surface area is 167 Å². The lowest BCUT2D eigenvalue weighted by atomic mass is 9.94. The number of amides is 1. The predicted octanol–water partition coefficient (Wildman–Crippen LogP) is 4.66. The Kier molecular flexibility index (Phi) is 6.00. The lowest BCUT2D eigenvalue weighted by Gasteiger charge is -2.37. The molecule has 1 saturated heterocycles. The molecule has 2 N–H and O–H groups in total. The number of rotatable bonds is 5. The number of thiazole rings is 1. The van der Waals surface area contributed by atoms with Crippen molar-refractivity contribution in [1.82, 2.24) is 14.9 Å². The van der Waals surface area contributed by atoms with Crippen LogP contribution in [0.5, 0.6) is 0 Å². The number of hydrogen-bond donors (Lipinski definition) is 2. The summed E-state index contributed by atoms with van der Waals surface area (Å²) in [7, 11) is 0. The number of aromatic nitrogens is 2. The summed E-state index contributed by atoms with van der Waals surface area (Å²) >= 11 is 3.22. The van der Waals surface area contributed by atoms with Crippen molar-refractivity contribution in [3.63, 3.8) is 0 Å². The maximum absolute atomic E-state index is 11.3. The number of piperidine rings is 1. The van der Waals surface area contributed by atoms with E-state index in [1.807, 2.05) is 13.1 Å². The second kappa shape index (κ2) is 8.10. The highest BCUT2D eigenvalue weighted by molar-refractivity contribution is 8.00. The molecule has 0 radical (unpaired) electrons. The van der Waals surface area contributed by atoms with E-state index in [2.05, 4.69) is 36.1 Å². The number of oxazole rings is 1. The molecule has 0 aliphatic carbocycles. The zero-order valence-electron chi connectivity index (χ0n) is 16.1. The smallest absolute Gasteiger partial charge is 0.407 e. The van der Waals surface area contributed by atoms with Gasteiger partial charge in [0.25, 0.3) is 0 Å². The molecular weight excluding hydrogens is 384 g/mol. The van der Waals surface area contributed by atoms with Crippen LogP contribution in [0.25, 0.3) is 0 Å². The first kappa shape index (κ1) is 20.0. The van der Waals surface area contributed by atoms with E-state index in [0.29, 0.717) is 18.2 Å². The first-order chi connectivity index (χ1) is 12.7. The third-order valence-corrected chi connectivity index (χ3v) is 6.77. The van der Waals surface area contributed by atoms with Crippen molar-refractivity contribution in [2.24, 2.45) is 0 Å². The summed E-state index contributed by atoms with van der Waals surface area (Å²) in [6.45, 7) is 8.85. The zero-order chi connectivity index (χ0) is 19.6. The first-order valence-corrected chi connectivity index (χ1v) is 10.8. The van der Waals surface area contributed by atoms with Gasteiger partial charge in [0.15, 0.2) is 5.13 Å². The summed E-state index contributed by atoms with van der Waals surface area (Å²) in [5.74, 6) is 2.26. The topological polar surface area (TPSA) is 91.5 Å². The quantitative estimate of drug-likeness (QED) is 0.692. The van der Waals surface area contributed by atoms with Gasteiger partial charge in [-0.2, -0.15) is 0 Å². The van der Waals surface area contributed by atoms with Gasteiger partial charge >= 0.3 is 6.09 Å². The maximum Gasteiger partial charge on any atom is 0.407 e. The molecule has 0 unspecified atom stereocenters. The van der Waals surface area contributed by atoms with Crippen LogP contribution in [0.15, 0.2) is 21.0 Å². The standard InChI is InChI=1S/C18H26N4O3S2/c1-11-12(6-5-7-22(11)17(23)24)21-16-20-9-15(27-16)26-10-14-19-8-13(25-14)18(2,3)4/h8-9,11-12H,5-7,10H2,1-4H3,(H,20,21)(H,23,24)/t11-,12-/m1/s1. The van der Waals surface area contributed by atoms with Crippen molar-refractivity contribution in [2.75, 3.05) is 11.9 Å². The largest absolute Gasteiger partial charge is 0.465 e. The fourth-order valence-electron chi connectivity index (χ4n) is 3.01. The molecule has 0 saturated carbocycles. The Morgan fingerprint density at radius 1 is 1.44 bits per heavy atom. The van der Waals surface area contributed by atoms with Crippen molar-refractivity contribution in [3.8, 4) is 0 Å². The average Bonchev–Trinajstić information content (AvgIpc) is 3.23. The van der Waals surface area contributed by atoms with Crippen LogP contribution in [0.2, 0.25) is 0 Å². The van der Waals surface area contributed by atoms with E-state index in [9.17, 15) is 9.90 Å². The van der Waals surface area contributed by atoms with E-state index < -0.39 is 6.09 Å². The van der Waals surface area contributed by atoms with Gasteiger partial charge < -0.3 is 19.7 Å². The number of nitrogens with one attached hydrogen (secondary N) is 1. The monoisotopic (exact) mass is 410 g/mol. The second-order valence-electron chi connectivity index (χ2n) is 7.75. The Balaban J connectivity index is 1.55. The molecule has 27 heavy (non-hydrogen) atoms. The number of anilines is 1. The van der Waals surface area contributed by atoms with Crippen molar-refractivity contribution < 1.29 is 14.3 Å². The highest BCUT2D eigenvalue weighted by Gasteiger charge is 2.31. The van der Waals surface area contributed by atoms with Gasteiger partial charge in [-0.3, -0.25) is 0 Å². The van der Waals surface area contributed by atoms with E-state index in [-0.39, 0.29) is 17.5 Å². The lowest BCUT2D eigenvalue weighted by Crippen LogP contribution is -2.51. The fraction of sp³-hybridized carbons (Fsp3) is 0.611. The van der Waals surface area contributed by atoms with Gasteiger partial charge in [-0.05, 0) is 19.8 Å². The fourth-order valence-corrected chi connectivity index (χ4v) is 4.80. The molecule has 1 amide bonds. The van der Waals surface area contributed by atoms with Crippen LogP contribution < -0.4 is 5.32 Å². The van der Waals surface area contributed by atoms with Crippen molar-refractivity contribution in [2.45, 2.75) is 68.0 Å². The van der Waals surface area contributed by atoms with Crippen LogP contribution in [0, 0.1) is 0 Å². The zero-order valence-corrected chi connectivity index (χ0v) is 17.7. The number of hydrogen-bond acceptors (Lipinski definition) is 7. The molecule has 1 aliphatic heterocycles. The van der Waals surface area contributed by atoms with Crippen LogP contribution in [0.1, 0.15) is 52.2 Å². The molecular formula is C18H26N4O3S2. The summed E-state index contributed by atoms with van der Waals surface area (Å²) in [5.41, 5.74) is -0.0436. The molecule has 0 spiro atoms. The van der Waals surface area contributed by atoms with Crippen LogP contribution in [-0.2, 0) is 11.2 Å². The van der Waals surface area contributed by atoms with Crippen LogP contribution in [0.3, 0.4) is 0 Å². The van der Waals surface area contributed by atoms with E-state index in [4.69, 9.17) is 4.42 Å². The molecule has 9 heteroatoms. The van der Waals surface area contributed by atoms with Crippen LogP contribution >= 0.6 is 23.1 Å². The Morgan fingerprint density at radius 3 is 2.89 bits per heavy atom. The van der Waals surface area contributed by atoms with Crippen LogP contribution in [-0.4, -0.2) is 44.7 Å². The molecule has 0 aromatic carbocycles. The molecule has 3 rings (SSSR count). The number of nitrogens with zero attached hydrogens (tertiary/aromatic N) is 3. The number of thioether (sulfide) groups is 1. The summed E-state index contributed by atoms with van der Waals surface area (Å²) in [4.78, 5) is 21.6. The average molecular weight is 411 g/mol. The van der Waals surface area contributed by atoms with Gasteiger partial charge in [0, 0.05) is 18.0 Å². The van der Waals surface area contributed by atoms with E-state index in [1.54, 1.807) is 29.3 Å². The normalized spacial score (nSPS) is 20.7. The van der Waals surface area contributed by atoms with Gasteiger partial charge in [0.1, 0.15) is 5.76 Å². The minimum absolute atomic E-state index is 0.0436. The van der Waals surface area contributed by atoms with Crippen molar-refractivity contribution in [3.05, 3.63) is 24.0 Å². The molecule has 1 aliphatic rings. The van der Waals surface area contributed by atoms with Crippen molar-refractivity contribution >= 4 is 34.3 Å². The highest BCUT2D eigenvalue weighted by Crippen LogP contribution is 2.33. The predicted molar refractivity (Wildman–Crippen MR) is 108 cm³/mol. The summed E-state index contributed by atoms with van der Waals surface area (Å²) in [6.07, 6.45) is 4.59. The molecule has 7 nitrogen and oxygen atoms in total. The van der Waals surface area contributed by atoms with E-state index in [1.165, 1.54) is 4.90 Å². The summed E-state index contributed by atoms with van der Waals surface area (Å²) in [6, 6.07) is 0.0133. The van der Waals surface area contributed by atoms with Crippen molar-refractivity contribution in [1.29, 1.82) is 0 Å². The maximum atomic E-state index is 11.3. The Hall–Kier alpha value is -1.74. The molecule has 1 fully saturated rings. The van der Waals surface area contributed by atoms with Gasteiger partial charge in [-0.25, -0.2) is 14.8 Å². The third kappa shape index (κ3) is 4.95. The highest BCUT2D eigenvalue weighted by atomic mass is 32.2. The lowest BCUT2D eigenvalue weighted by molar-refractivity contribution is 0.107. The van der Waals surface area contributed by atoms with Crippen LogP contribution in [0.4, 0.5) is 9.93 Å².